The number of nitro groups is 1. The van der Waals surface area contributed by atoms with Crippen LogP contribution in [0.2, 0.25) is 0 Å². The average Bonchev–Trinajstić information content (AvgIpc) is 2.86. The minimum absolute atomic E-state index is 0.168. The summed E-state index contributed by atoms with van der Waals surface area (Å²) in [5.74, 6) is 0. The molecule has 0 spiro atoms. The molecule has 0 bridgehead atoms. The molecule has 0 amide bonds. The summed E-state index contributed by atoms with van der Waals surface area (Å²) < 4.78 is 1.73. The van der Waals surface area contributed by atoms with Crippen LogP contribution in [0.4, 0.5) is 0 Å². The quantitative estimate of drug-likeness (QED) is 0.611. The maximum absolute atomic E-state index is 11.1. The van der Waals surface area contributed by atoms with Crippen molar-refractivity contribution in [3.05, 3.63) is 69.7 Å². The zero-order chi connectivity index (χ0) is 13.7. The third-order valence-electron chi connectivity index (χ3n) is 2.83. The predicted molar refractivity (Wildman–Crippen MR) is 73.0 cm³/mol. The standard InChI is InChI=1S/C14H15N3O2/c1-2-16-13(8-9-15-16)11-14(17(18)19)10-12-6-4-3-5-7-12/h3-9,11H,2,10H2,1H3/b14-11-. The van der Waals surface area contributed by atoms with Crippen molar-refractivity contribution in [3.63, 3.8) is 0 Å². The largest absolute Gasteiger partial charge is 0.266 e. The lowest BCUT2D eigenvalue weighted by atomic mass is 10.1. The Morgan fingerprint density at radius 2 is 2.11 bits per heavy atom. The molecule has 0 aliphatic heterocycles. The molecule has 98 valence electrons. The van der Waals surface area contributed by atoms with Gasteiger partial charge in [0.25, 0.3) is 5.70 Å². The molecule has 0 N–H and O–H groups in total. The van der Waals surface area contributed by atoms with E-state index < -0.39 is 0 Å². The third-order valence-corrected chi connectivity index (χ3v) is 2.83. The molecule has 2 aromatic rings. The Balaban J connectivity index is 2.28. The summed E-state index contributed by atoms with van der Waals surface area (Å²) in [6, 6.07) is 11.2. The zero-order valence-corrected chi connectivity index (χ0v) is 10.7. The van der Waals surface area contributed by atoms with Gasteiger partial charge in [0.15, 0.2) is 0 Å². The molecular formula is C14H15N3O2. The summed E-state index contributed by atoms with van der Waals surface area (Å²) in [5.41, 5.74) is 1.85. The monoisotopic (exact) mass is 257 g/mol. The average molecular weight is 257 g/mol. The van der Waals surface area contributed by atoms with E-state index in [2.05, 4.69) is 5.10 Å². The highest BCUT2D eigenvalue weighted by Gasteiger charge is 2.13. The second-order valence-electron chi connectivity index (χ2n) is 4.13. The van der Waals surface area contributed by atoms with Crippen LogP contribution >= 0.6 is 0 Å². The van der Waals surface area contributed by atoms with Crippen molar-refractivity contribution in [1.82, 2.24) is 9.78 Å². The van der Waals surface area contributed by atoms with Gasteiger partial charge in [0, 0.05) is 18.8 Å². The van der Waals surface area contributed by atoms with Gasteiger partial charge in [-0.05, 0) is 18.6 Å². The van der Waals surface area contributed by atoms with Crippen LogP contribution in [0.5, 0.6) is 0 Å². The first kappa shape index (κ1) is 13.0. The molecule has 5 heteroatoms. The molecule has 0 saturated carbocycles. The molecule has 1 aromatic heterocycles. The van der Waals surface area contributed by atoms with E-state index >= 15 is 0 Å². The Hall–Kier alpha value is -2.43. The number of benzene rings is 1. The first-order valence-electron chi connectivity index (χ1n) is 6.11. The summed E-state index contributed by atoms with van der Waals surface area (Å²) in [5, 5.41) is 15.2. The molecule has 0 unspecified atom stereocenters. The smallest absolute Gasteiger partial charge is 0.252 e. The van der Waals surface area contributed by atoms with E-state index in [1.807, 2.05) is 37.3 Å². The third kappa shape index (κ3) is 3.28. The highest BCUT2D eigenvalue weighted by molar-refractivity contribution is 5.47. The fourth-order valence-electron chi connectivity index (χ4n) is 1.87. The van der Waals surface area contributed by atoms with Gasteiger partial charge < -0.3 is 0 Å². The van der Waals surface area contributed by atoms with E-state index in [0.29, 0.717) is 13.0 Å². The summed E-state index contributed by atoms with van der Waals surface area (Å²) in [6.07, 6.45) is 3.54. The first-order chi connectivity index (χ1) is 9.20. The number of hydrogen-bond donors (Lipinski definition) is 0. The predicted octanol–water partition coefficient (Wildman–Crippen LogP) is 2.76. The second-order valence-corrected chi connectivity index (χ2v) is 4.13. The van der Waals surface area contributed by atoms with Crippen LogP contribution < -0.4 is 0 Å². The number of rotatable bonds is 5. The van der Waals surface area contributed by atoms with Crippen molar-refractivity contribution in [1.29, 1.82) is 0 Å². The van der Waals surface area contributed by atoms with Crippen LogP contribution in [0.25, 0.3) is 6.08 Å². The topological polar surface area (TPSA) is 61.0 Å². The zero-order valence-electron chi connectivity index (χ0n) is 10.7. The van der Waals surface area contributed by atoms with Crippen LogP contribution in [0.15, 0.2) is 48.3 Å². The van der Waals surface area contributed by atoms with Gasteiger partial charge in [-0.3, -0.25) is 14.8 Å². The van der Waals surface area contributed by atoms with Gasteiger partial charge >= 0.3 is 0 Å². The number of hydrogen-bond acceptors (Lipinski definition) is 3. The molecular weight excluding hydrogens is 242 g/mol. The maximum atomic E-state index is 11.1. The number of aromatic nitrogens is 2. The molecule has 0 saturated heterocycles. The molecule has 0 aliphatic rings. The summed E-state index contributed by atoms with van der Waals surface area (Å²) in [4.78, 5) is 10.8. The van der Waals surface area contributed by atoms with Gasteiger partial charge in [-0.15, -0.1) is 0 Å². The molecule has 0 fully saturated rings. The molecule has 0 atom stereocenters. The van der Waals surface area contributed by atoms with E-state index in [4.69, 9.17) is 0 Å². The van der Waals surface area contributed by atoms with E-state index in [-0.39, 0.29) is 10.6 Å². The minimum Gasteiger partial charge on any atom is -0.266 e. The molecule has 5 nitrogen and oxygen atoms in total. The molecule has 1 heterocycles. The van der Waals surface area contributed by atoms with E-state index in [1.165, 1.54) is 0 Å². The highest BCUT2D eigenvalue weighted by atomic mass is 16.6. The minimum atomic E-state index is -0.333. The molecule has 0 aliphatic carbocycles. The molecule has 1 aromatic carbocycles. The van der Waals surface area contributed by atoms with Crippen LogP contribution in [-0.4, -0.2) is 14.7 Å². The van der Waals surface area contributed by atoms with Crippen LogP contribution in [0.3, 0.4) is 0 Å². The Labute approximate surface area is 111 Å². The van der Waals surface area contributed by atoms with Crippen molar-refractivity contribution < 1.29 is 4.92 Å². The number of allylic oxidation sites excluding steroid dienone is 1. The fourth-order valence-corrected chi connectivity index (χ4v) is 1.87. The fraction of sp³-hybridized carbons (Fsp3) is 0.214. The van der Waals surface area contributed by atoms with Crippen molar-refractivity contribution in [2.45, 2.75) is 19.9 Å². The lowest BCUT2D eigenvalue weighted by Crippen LogP contribution is -2.05. The Morgan fingerprint density at radius 3 is 2.74 bits per heavy atom. The Bertz CT molecular complexity index is 588. The number of aryl methyl sites for hydroxylation is 1. The molecule has 0 radical (unpaired) electrons. The lowest BCUT2D eigenvalue weighted by molar-refractivity contribution is -0.425. The van der Waals surface area contributed by atoms with Gasteiger partial charge in [-0.1, -0.05) is 30.3 Å². The van der Waals surface area contributed by atoms with Gasteiger partial charge in [-0.25, -0.2) is 0 Å². The maximum Gasteiger partial charge on any atom is 0.252 e. The normalized spacial score (nSPS) is 11.5. The van der Waals surface area contributed by atoms with Gasteiger partial charge in [0.05, 0.1) is 17.0 Å². The van der Waals surface area contributed by atoms with E-state index in [1.54, 1.807) is 23.0 Å². The Kier molecular flexibility index (Phi) is 4.07. The van der Waals surface area contributed by atoms with Crippen molar-refractivity contribution in [3.8, 4) is 0 Å². The van der Waals surface area contributed by atoms with Crippen LogP contribution in [0.1, 0.15) is 18.2 Å². The second kappa shape index (κ2) is 5.95. The van der Waals surface area contributed by atoms with Gasteiger partial charge in [0.2, 0.25) is 0 Å². The highest BCUT2D eigenvalue weighted by Crippen LogP contribution is 2.13. The number of nitrogens with zero attached hydrogens (tertiary/aromatic N) is 3. The molecule has 19 heavy (non-hydrogen) atoms. The SMILES string of the molecule is CCn1nccc1/C=C(/Cc1ccccc1)[N+](=O)[O-]. The van der Waals surface area contributed by atoms with Crippen molar-refractivity contribution >= 4 is 6.08 Å². The van der Waals surface area contributed by atoms with E-state index in [9.17, 15) is 10.1 Å². The van der Waals surface area contributed by atoms with Crippen molar-refractivity contribution in [2.75, 3.05) is 0 Å². The van der Waals surface area contributed by atoms with Crippen LogP contribution in [0, 0.1) is 10.1 Å². The molecule has 2 rings (SSSR count). The van der Waals surface area contributed by atoms with Gasteiger partial charge in [0.1, 0.15) is 0 Å². The van der Waals surface area contributed by atoms with Crippen LogP contribution in [-0.2, 0) is 13.0 Å². The van der Waals surface area contributed by atoms with Crippen molar-refractivity contribution in [2.24, 2.45) is 0 Å². The Morgan fingerprint density at radius 1 is 1.37 bits per heavy atom. The summed E-state index contributed by atoms with van der Waals surface area (Å²) in [6.45, 7) is 2.64. The summed E-state index contributed by atoms with van der Waals surface area (Å²) >= 11 is 0. The lowest BCUT2D eigenvalue weighted by Gasteiger charge is -2.02. The summed E-state index contributed by atoms with van der Waals surface area (Å²) in [7, 11) is 0. The van der Waals surface area contributed by atoms with Gasteiger partial charge in [-0.2, -0.15) is 5.10 Å². The first-order valence-corrected chi connectivity index (χ1v) is 6.11. The van der Waals surface area contributed by atoms with E-state index in [0.717, 1.165) is 11.3 Å².